The topological polar surface area (TPSA) is 43.4 Å². The fourth-order valence-electron chi connectivity index (χ4n) is 8.11. The summed E-state index contributed by atoms with van der Waals surface area (Å²) in [6.45, 7) is 4.55. The Balaban J connectivity index is 1.64. The largest absolute Gasteiger partial charge is 0.469 e. The number of benzene rings is 2. The molecule has 0 saturated heterocycles. The molecule has 0 spiro atoms. The number of allylic oxidation sites excluding steroid dienone is 3. The third kappa shape index (κ3) is 3.88. The minimum Gasteiger partial charge on any atom is -0.469 e. The molecule has 2 fully saturated rings. The highest BCUT2D eigenvalue weighted by atomic mass is 16.5. The molecule has 0 unspecified atom stereocenters. The van der Waals surface area contributed by atoms with Crippen molar-refractivity contribution in [1.82, 2.24) is 0 Å². The van der Waals surface area contributed by atoms with Crippen molar-refractivity contribution in [2.45, 2.75) is 65.2 Å². The van der Waals surface area contributed by atoms with Crippen LogP contribution in [0.4, 0.5) is 0 Å². The lowest BCUT2D eigenvalue weighted by molar-refractivity contribution is -0.175. The van der Waals surface area contributed by atoms with Crippen molar-refractivity contribution in [2.75, 3.05) is 7.11 Å². The van der Waals surface area contributed by atoms with Gasteiger partial charge in [0.25, 0.3) is 0 Å². The maximum absolute atomic E-state index is 13.1. The van der Waals surface area contributed by atoms with E-state index >= 15 is 0 Å². The Morgan fingerprint density at radius 3 is 2.19 bits per heavy atom. The van der Waals surface area contributed by atoms with E-state index in [1.807, 2.05) is 6.08 Å². The van der Waals surface area contributed by atoms with E-state index in [9.17, 15) is 9.59 Å². The van der Waals surface area contributed by atoms with Crippen molar-refractivity contribution in [3.8, 4) is 0 Å². The minimum absolute atomic E-state index is 0.0716. The lowest BCUT2D eigenvalue weighted by Crippen LogP contribution is -2.59. The molecule has 2 saturated carbocycles. The van der Waals surface area contributed by atoms with Crippen LogP contribution >= 0.6 is 0 Å². The van der Waals surface area contributed by atoms with Crippen LogP contribution in [0.5, 0.6) is 0 Å². The first-order valence-corrected chi connectivity index (χ1v) is 13.5. The summed E-state index contributed by atoms with van der Waals surface area (Å²) >= 11 is 0. The average molecular weight is 483 g/mol. The van der Waals surface area contributed by atoms with Crippen LogP contribution < -0.4 is 0 Å². The highest BCUT2D eigenvalue weighted by Crippen LogP contribution is 2.69. The summed E-state index contributed by atoms with van der Waals surface area (Å²) in [5.74, 6) is 0.420. The molecule has 188 valence electrons. The zero-order valence-electron chi connectivity index (χ0n) is 21.9. The smallest absolute Gasteiger partial charge is 0.311 e. The lowest BCUT2D eigenvalue weighted by Gasteiger charge is -2.64. The quantitative estimate of drug-likeness (QED) is 0.413. The standard InChI is InChI=1S/C33H38O3/c1-31(30(35)36-3)19-10-20-32(2)29(31)16-15-26-23-27(34)17-21-33(26,32)22-18-28(24-11-6-4-7-12-24)25-13-8-5-9-14-25/h4-9,11-14,18,23,29H,10,15-17,19-22H2,1-3H3/t29-,31+,32-,33+/m0/s1. The third-order valence-corrected chi connectivity index (χ3v) is 9.95. The van der Waals surface area contributed by atoms with Gasteiger partial charge in [0.15, 0.2) is 5.78 Å². The second-order valence-corrected chi connectivity index (χ2v) is 11.5. The first-order valence-electron chi connectivity index (χ1n) is 13.5. The number of hydrogen-bond acceptors (Lipinski definition) is 3. The van der Waals surface area contributed by atoms with E-state index in [1.165, 1.54) is 29.4 Å². The third-order valence-electron chi connectivity index (χ3n) is 9.95. The molecule has 0 amide bonds. The molecule has 4 atom stereocenters. The maximum Gasteiger partial charge on any atom is 0.311 e. The molecule has 5 rings (SSSR count). The molecule has 0 bridgehead atoms. The molecular weight excluding hydrogens is 444 g/mol. The summed E-state index contributed by atoms with van der Waals surface area (Å²) in [6.07, 6.45) is 11.5. The molecule has 2 aromatic carbocycles. The molecule has 0 N–H and O–H groups in total. The first-order chi connectivity index (χ1) is 17.3. The van der Waals surface area contributed by atoms with Crippen molar-refractivity contribution in [3.05, 3.63) is 89.5 Å². The summed E-state index contributed by atoms with van der Waals surface area (Å²) in [7, 11) is 1.53. The molecule has 3 nitrogen and oxygen atoms in total. The predicted octanol–water partition coefficient (Wildman–Crippen LogP) is 7.56. The number of ketones is 1. The summed E-state index contributed by atoms with van der Waals surface area (Å²) in [4.78, 5) is 25.8. The Bertz CT molecular complexity index is 1150. The monoisotopic (exact) mass is 482 g/mol. The van der Waals surface area contributed by atoms with Crippen LogP contribution in [0.1, 0.15) is 76.3 Å². The van der Waals surface area contributed by atoms with Crippen LogP contribution in [0.15, 0.2) is 78.4 Å². The summed E-state index contributed by atoms with van der Waals surface area (Å²) in [6, 6.07) is 21.2. The molecule has 0 radical (unpaired) electrons. The van der Waals surface area contributed by atoms with Gasteiger partial charge < -0.3 is 4.74 Å². The number of esters is 1. The average Bonchev–Trinajstić information content (AvgIpc) is 2.90. The summed E-state index contributed by atoms with van der Waals surface area (Å²) in [5, 5.41) is 0. The van der Waals surface area contributed by atoms with Crippen LogP contribution in [-0.4, -0.2) is 18.9 Å². The normalized spacial score (nSPS) is 31.5. The Morgan fingerprint density at radius 1 is 0.944 bits per heavy atom. The minimum atomic E-state index is -0.479. The molecule has 0 heterocycles. The molecule has 3 aliphatic rings. The number of rotatable bonds is 5. The molecule has 0 aliphatic heterocycles. The van der Waals surface area contributed by atoms with E-state index in [0.29, 0.717) is 6.42 Å². The van der Waals surface area contributed by atoms with Gasteiger partial charge in [-0.05, 0) is 79.6 Å². The van der Waals surface area contributed by atoms with Crippen LogP contribution in [0.3, 0.4) is 0 Å². The zero-order chi connectivity index (χ0) is 25.4. The van der Waals surface area contributed by atoms with E-state index in [2.05, 4.69) is 80.6 Å². The van der Waals surface area contributed by atoms with Crippen molar-refractivity contribution in [1.29, 1.82) is 0 Å². The van der Waals surface area contributed by atoms with Gasteiger partial charge in [-0.25, -0.2) is 0 Å². The molecular formula is C33H38O3. The van der Waals surface area contributed by atoms with Gasteiger partial charge in [0.05, 0.1) is 12.5 Å². The van der Waals surface area contributed by atoms with Gasteiger partial charge in [0, 0.05) is 11.8 Å². The van der Waals surface area contributed by atoms with Gasteiger partial charge in [-0.15, -0.1) is 0 Å². The van der Waals surface area contributed by atoms with Gasteiger partial charge in [0.2, 0.25) is 0 Å². The second-order valence-electron chi connectivity index (χ2n) is 11.5. The van der Waals surface area contributed by atoms with Crippen molar-refractivity contribution in [3.63, 3.8) is 0 Å². The number of methoxy groups -OCH3 is 1. The SMILES string of the molecule is COC(=O)[C@]1(C)CCC[C@@]2(C)[C@H]1CCC1=CC(=O)CC[C@@]12CC=C(c1ccccc1)c1ccccc1. The van der Waals surface area contributed by atoms with Crippen LogP contribution in [0.2, 0.25) is 0 Å². The highest BCUT2D eigenvalue weighted by Gasteiger charge is 2.64. The Kier molecular flexibility index (Phi) is 6.53. The van der Waals surface area contributed by atoms with Crippen molar-refractivity contribution < 1.29 is 14.3 Å². The number of fused-ring (bicyclic) bond motifs is 3. The van der Waals surface area contributed by atoms with E-state index in [-0.39, 0.29) is 28.5 Å². The van der Waals surface area contributed by atoms with Crippen molar-refractivity contribution in [2.24, 2.45) is 22.2 Å². The Labute approximate surface area is 215 Å². The summed E-state index contributed by atoms with van der Waals surface area (Å²) in [5.41, 5.74) is 4.27. The van der Waals surface area contributed by atoms with E-state index in [4.69, 9.17) is 4.74 Å². The molecule has 3 aliphatic carbocycles. The number of ether oxygens (including phenoxy) is 1. The molecule has 2 aromatic rings. The number of carbonyl (C=O) groups is 2. The van der Waals surface area contributed by atoms with E-state index in [1.54, 1.807) is 0 Å². The van der Waals surface area contributed by atoms with Crippen LogP contribution in [-0.2, 0) is 14.3 Å². The number of carbonyl (C=O) groups excluding carboxylic acids is 2. The van der Waals surface area contributed by atoms with Gasteiger partial charge >= 0.3 is 5.97 Å². The highest BCUT2D eigenvalue weighted by molar-refractivity contribution is 5.92. The van der Waals surface area contributed by atoms with E-state index in [0.717, 1.165) is 44.9 Å². The van der Waals surface area contributed by atoms with E-state index < -0.39 is 5.41 Å². The van der Waals surface area contributed by atoms with Gasteiger partial charge in [-0.1, -0.05) is 85.7 Å². The predicted molar refractivity (Wildman–Crippen MR) is 144 cm³/mol. The van der Waals surface area contributed by atoms with Crippen LogP contribution in [0.25, 0.3) is 5.57 Å². The lowest BCUT2D eigenvalue weighted by atomic mass is 9.39. The van der Waals surface area contributed by atoms with Crippen LogP contribution in [0, 0.1) is 22.2 Å². The fourth-order valence-corrected chi connectivity index (χ4v) is 8.11. The maximum atomic E-state index is 13.1. The molecule has 3 heteroatoms. The second kappa shape index (κ2) is 9.50. The Hall–Kier alpha value is -2.94. The first kappa shape index (κ1) is 24.7. The van der Waals surface area contributed by atoms with Gasteiger partial charge in [-0.3, -0.25) is 9.59 Å². The van der Waals surface area contributed by atoms with Crippen molar-refractivity contribution >= 4 is 17.3 Å². The fraction of sp³-hybridized carbons (Fsp3) is 0.455. The number of hydrogen-bond donors (Lipinski definition) is 0. The zero-order valence-corrected chi connectivity index (χ0v) is 21.9. The van der Waals surface area contributed by atoms with Gasteiger partial charge in [0.1, 0.15) is 0 Å². The Morgan fingerprint density at radius 2 is 1.58 bits per heavy atom. The molecule has 36 heavy (non-hydrogen) atoms. The molecule has 0 aromatic heterocycles. The van der Waals surface area contributed by atoms with Gasteiger partial charge in [-0.2, -0.15) is 0 Å². The summed E-state index contributed by atoms with van der Waals surface area (Å²) < 4.78 is 5.37.